The number of benzene rings is 4. The van der Waals surface area contributed by atoms with Crippen molar-refractivity contribution in [3.63, 3.8) is 0 Å². The number of ketones is 3. The van der Waals surface area contributed by atoms with Crippen molar-refractivity contribution < 1.29 is 23.9 Å². The summed E-state index contributed by atoms with van der Waals surface area (Å²) in [5, 5.41) is 13.0. The first kappa shape index (κ1) is 30.9. The fourth-order valence-corrected chi connectivity index (χ4v) is 4.69. The number of hydrogen-bond acceptors (Lipinski definition) is 7. The van der Waals surface area contributed by atoms with E-state index in [9.17, 15) is 14.4 Å². The SMILES string of the molecule is COc1ccc2c(C(=O)c3ccccc3)n[nH]c2c1.COc1ccc2c(C(=O)c3ccccc3)nn(CC(=O)C(C)(C)C)c2c1. The van der Waals surface area contributed by atoms with E-state index < -0.39 is 5.41 Å². The van der Waals surface area contributed by atoms with Gasteiger partial charge in [-0.15, -0.1) is 0 Å². The fraction of sp³-hybridized carbons (Fsp3) is 0.194. The van der Waals surface area contributed by atoms with Gasteiger partial charge in [-0.25, -0.2) is 0 Å². The highest BCUT2D eigenvalue weighted by atomic mass is 16.5. The van der Waals surface area contributed by atoms with Crippen molar-refractivity contribution in [2.45, 2.75) is 27.3 Å². The molecule has 0 bridgehead atoms. The Morgan fingerprint density at radius 3 is 1.80 bits per heavy atom. The lowest BCUT2D eigenvalue weighted by atomic mass is 9.91. The number of carbonyl (C=O) groups is 3. The van der Waals surface area contributed by atoms with Gasteiger partial charge in [-0.2, -0.15) is 10.2 Å². The van der Waals surface area contributed by atoms with Crippen molar-refractivity contribution in [3.05, 3.63) is 120 Å². The zero-order chi connectivity index (χ0) is 32.1. The minimum absolute atomic E-state index is 0.0448. The second-order valence-electron chi connectivity index (χ2n) is 11.4. The maximum absolute atomic E-state index is 12.9. The Bertz CT molecular complexity index is 1990. The molecule has 0 spiro atoms. The van der Waals surface area contributed by atoms with Crippen LogP contribution in [0.1, 0.15) is 52.9 Å². The molecule has 2 heterocycles. The van der Waals surface area contributed by atoms with Crippen molar-refractivity contribution in [3.8, 4) is 11.5 Å². The van der Waals surface area contributed by atoms with Crippen LogP contribution in [-0.4, -0.2) is 51.5 Å². The second-order valence-corrected chi connectivity index (χ2v) is 11.4. The lowest BCUT2D eigenvalue weighted by Crippen LogP contribution is -2.25. The van der Waals surface area contributed by atoms with E-state index in [0.717, 1.165) is 16.7 Å². The van der Waals surface area contributed by atoms with Gasteiger partial charge >= 0.3 is 0 Å². The van der Waals surface area contributed by atoms with Crippen molar-refractivity contribution in [2.75, 3.05) is 14.2 Å². The topological polar surface area (TPSA) is 116 Å². The predicted octanol–water partition coefficient (Wildman–Crippen LogP) is 6.69. The van der Waals surface area contributed by atoms with Crippen LogP contribution >= 0.6 is 0 Å². The van der Waals surface area contributed by atoms with Crippen LogP contribution in [-0.2, 0) is 11.3 Å². The minimum Gasteiger partial charge on any atom is -0.497 e. The Balaban J connectivity index is 0.000000186. The standard InChI is InChI=1S/C21H22N2O3.C15H12N2O2/c1-21(2,3)18(24)13-23-17-12-15(26-4)10-11-16(17)19(22-23)20(25)14-8-6-5-7-9-14;1-19-11-7-8-12-13(9-11)16-17-14(12)15(18)10-5-3-2-4-6-10/h5-12H,13H2,1-4H3;2-9H,1H3,(H,16,17). The minimum atomic E-state index is -0.485. The molecule has 0 atom stereocenters. The number of hydrogen-bond donors (Lipinski definition) is 1. The van der Waals surface area contributed by atoms with E-state index in [4.69, 9.17) is 9.47 Å². The molecule has 6 rings (SSSR count). The maximum Gasteiger partial charge on any atom is 0.213 e. The molecule has 0 aliphatic rings. The number of fused-ring (bicyclic) bond motifs is 2. The molecule has 0 saturated carbocycles. The molecule has 6 aromatic rings. The van der Waals surface area contributed by atoms with E-state index in [-0.39, 0.29) is 23.9 Å². The summed E-state index contributed by atoms with van der Waals surface area (Å²) in [5.74, 6) is 1.18. The number of carbonyl (C=O) groups excluding carboxylic acids is 3. The zero-order valence-electron chi connectivity index (χ0n) is 25.8. The molecule has 0 aliphatic carbocycles. The van der Waals surface area contributed by atoms with Crippen LogP contribution in [0.25, 0.3) is 21.8 Å². The number of ether oxygens (including phenoxy) is 2. The molecule has 228 valence electrons. The summed E-state index contributed by atoms with van der Waals surface area (Å²) in [6.45, 7) is 5.72. The Morgan fingerprint density at radius 2 is 1.24 bits per heavy atom. The molecule has 0 amide bonds. The number of H-pyrrole nitrogens is 1. The Labute approximate surface area is 260 Å². The zero-order valence-corrected chi connectivity index (χ0v) is 25.8. The molecule has 4 aromatic carbocycles. The van der Waals surface area contributed by atoms with Crippen LogP contribution in [0.15, 0.2) is 97.1 Å². The summed E-state index contributed by atoms with van der Waals surface area (Å²) >= 11 is 0. The van der Waals surface area contributed by atoms with Gasteiger partial charge in [0.2, 0.25) is 11.6 Å². The van der Waals surface area contributed by atoms with Crippen LogP contribution in [0.2, 0.25) is 0 Å². The smallest absolute Gasteiger partial charge is 0.213 e. The van der Waals surface area contributed by atoms with Gasteiger partial charge in [0.15, 0.2) is 5.78 Å². The number of aromatic nitrogens is 4. The summed E-state index contributed by atoms with van der Waals surface area (Å²) < 4.78 is 12.0. The molecule has 0 unspecified atom stereocenters. The summed E-state index contributed by atoms with van der Waals surface area (Å²) in [4.78, 5) is 37.8. The Hall–Kier alpha value is -5.57. The third kappa shape index (κ3) is 6.67. The summed E-state index contributed by atoms with van der Waals surface area (Å²) in [5.41, 5.74) is 2.99. The summed E-state index contributed by atoms with van der Waals surface area (Å²) in [6, 6.07) is 29.0. The molecular weight excluding hydrogens is 568 g/mol. The normalized spacial score (nSPS) is 11.1. The first-order valence-electron chi connectivity index (χ1n) is 14.4. The first-order valence-corrected chi connectivity index (χ1v) is 14.4. The first-order chi connectivity index (χ1) is 21.6. The highest BCUT2D eigenvalue weighted by Crippen LogP contribution is 2.27. The number of nitrogens with zero attached hydrogens (tertiary/aromatic N) is 3. The molecule has 45 heavy (non-hydrogen) atoms. The van der Waals surface area contributed by atoms with Gasteiger partial charge in [-0.05, 0) is 24.3 Å². The predicted molar refractivity (Wildman–Crippen MR) is 173 cm³/mol. The van der Waals surface area contributed by atoms with Gasteiger partial charge in [-0.1, -0.05) is 81.4 Å². The molecule has 0 radical (unpaired) electrons. The van der Waals surface area contributed by atoms with Crippen molar-refractivity contribution in [1.82, 2.24) is 20.0 Å². The van der Waals surface area contributed by atoms with Crippen LogP contribution in [0.5, 0.6) is 11.5 Å². The third-order valence-corrected chi connectivity index (χ3v) is 7.36. The molecule has 0 aliphatic heterocycles. The Morgan fingerprint density at radius 1 is 0.711 bits per heavy atom. The fourth-order valence-electron chi connectivity index (χ4n) is 4.69. The molecular formula is C36H34N4O5. The number of aromatic amines is 1. The van der Waals surface area contributed by atoms with Crippen molar-refractivity contribution >= 4 is 39.2 Å². The van der Waals surface area contributed by atoms with Crippen molar-refractivity contribution in [2.24, 2.45) is 5.41 Å². The largest absolute Gasteiger partial charge is 0.497 e. The van der Waals surface area contributed by atoms with Crippen LogP contribution < -0.4 is 9.47 Å². The van der Waals surface area contributed by atoms with Gasteiger partial charge in [-0.3, -0.25) is 24.2 Å². The van der Waals surface area contributed by atoms with Gasteiger partial charge in [0, 0.05) is 39.4 Å². The van der Waals surface area contributed by atoms with Crippen molar-refractivity contribution in [1.29, 1.82) is 0 Å². The molecule has 1 N–H and O–H groups in total. The van der Waals surface area contributed by atoms with E-state index in [0.29, 0.717) is 39.2 Å². The van der Waals surface area contributed by atoms with E-state index in [2.05, 4.69) is 15.3 Å². The molecule has 9 nitrogen and oxygen atoms in total. The number of methoxy groups -OCH3 is 2. The maximum atomic E-state index is 12.9. The highest BCUT2D eigenvalue weighted by Gasteiger charge is 2.25. The number of rotatable bonds is 8. The molecule has 0 fully saturated rings. The highest BCUT2D eigenvalue weighted by molar-refractivity contribution is 6.15. The monoisotopic (exact) mass is 602 g/mol. The quantitative estimate of drug-likeness (QED) is 0.193. The van der Waals surface area contributed by atoms with Crippen LogP contribution in [0.4, 0.5) is 0 Å². The molecule has 0 saturated heterocycles. The van der Waals surface area contributed by atoms with Gasteiger partial charge in [0.1, 0.15) is 29.4 Å². The molecule has 2 aromatic heterocycles. The Kier molecular flexibility index (Phi) is 8.90. The average Bonchev–Trinajstić information content (AvgIpc) is 3.65. The van der Waals surface area contributed by atoms with Gasteiger partial charge < -0.3 is 9.47 Å². The number of Topliss-reactive ketones (excluding diaryl/α,β-unsaturated/α-hetero) is 1. The lowest BCUT2D eigenvalue weighted by molar-refractivity contribution is -0.127. The van der Waals surface area contributed by atoms with E-state index >= 15 is 0 Å². The van der Waals surface area contributed by atoms with E-state index in [1.54, 1.807) is 55.3 Å². The molecule has 9 heteroatoms. The number of nitrogens with one attached hydrogen (secondary N) is 1. The summed E-state index contributed by atoms with van der Waals surface area (Å²) in [6.07, 6.45) is 0. The van der Waals surface area contributed by atoms with Crippen LogP contribution in [0, 0.1) is 5.41 Å². The van der Waals surface area contributed by atoms with Gasteiger partial charge in [0.05, 0.1) is 25.3 Å². The summed E-state index contributed by atoms with van der Waals surface area (Å²) in [7, 11) is 3.19. The third-order valence-electron chi connectivity index (χ3n) is 7.36. The van der Waals surface area contributed by atoms with E-state index in [1.807, 2.05) is 81.4 Å². The lowest BCUT2D eigenvalue weighted by Gasteiger charge is -2.16. The van der Waals surface area contributed by atoms with Crippen LogP contribution in [0.3, 0.4) is 0 Å². The average molecular weight is 603 g/mol. The van der Waals surface area contributed by atoms with Gasteiger partial charge in [0.25, 0.3) is 0 Å². The van der Waals surface area contributed by atoms with E-state index in [1.165, 1.54) is 0 Å². The second kappa shape index (κ2) is 13.0.